The number of hydrogen-bond acceptors (Lipinski definition) is 4. The number of thiazole rings is 1. The molecule has 0 spiro atoms. The first-order valence-electron chi connectivity index (χ1n) is 6.21. The fraction of sp³-hybridized carbons (Fsp3) is 0.0667. The van der Waals surface area contributed by atoms with E-state index < -0.39 is 0 Å². The molecule has 2 heterocycles. The highest BCUT2D eigenvalue weighted by Crippen LogP contribution is 2.30. The topological polar surface area (TPSA) is 42.0 Å². The van der Waals surface area contributed by atoms with Crippen molar-refractivity contribution in [3.63, 3.8) is 0 Å². The van der Waals surface area contributed by atoms with Crippen molar-refractivity contribution in [2.75, 3.05) is 5.32 Å². The Bertz CT molecular complexity index is 777. The van der Waals surface area contributed by atoms with Crippen LogP contribution < -0.4 is 5.32 Å². The fourth-order valence-corrected chi connectivity index (χ4v) is 3.40. The van der Waals surface area contributed by atoms with Gasteiger partial charge in [-0.3, -0.25) is 10.1 Å². The van der Waals surface area contributed by atoms with Gasteiger partial charge in [-0.2, -0.15) is 0 Å². The summed E-state index contributed by atoms with van der Waals surface area (Å²) in [7, 11) is 0. The highest BCUT2D eigenvalue weighted by Gasteiger charge is 2.11. The van der Waals surface area contributed by atoms with Crippen molar-refractivity contribution in [3.05, 3.63) is 58.0 Å². The Morgan fingerprint density at radius 2 is 1.95 bits per heavy atom. The summed E-state index contributed by atoms with van der Waals surface area (Å²) in [6.45, 7) is 2.04. The molecule has 2 aromatic heterocycles. The summed E-state index contributed by atoms with van der Waals surface area (Å²) < 4.78 is 12.8. The molecule has 0 saturated carbocycles. The van der Waals surface area contributed by atoms with E-state index in [1.165, 1.54) is 40.5 Å². The Labute approximate surface area is 129 Å². The molecule has 3 rings (SSSR count). The number of thiophene rings is 1. The molecule has 0 fully saturated rings. The third kappa shape index (κ3) is 3.17. The standard InChI is InChI=1S/C15H11FN2OS2/c1-9-2-7-13(21-9)12-8-20-15(17-12)18-14(19)10-3-5-11(16)6-4-10/h2-8H,1H3,(H,17,18,19). The molecule has 0 unspecified atom stereocenters. The van der Waals surface area contributed by atoms with Crippen LogP contribution in [0.3, 0.4) is 0 Å². The third-order valence-corrected chi connectivity index (χ3v) is 4.60. The second kappa shape index (κ2) is 5.75. The van der Waals surface area contributed by atoms with Crippen molar-refractivity contribution in [1.29, 1.82) is 0 Å². The van der Waals surface area contributed by atoms with Crippen LogP contribution in [-0.2, 0) is 0 Å². The number of aromatic nitrogens is 1. The number of aryl methyl sites for hydroxylation is 1. The maximum atomic E-state index is 12.8. The molecule has 0 aliphatic carbocycles. The Hall–Kier alpha value is -2.05. The number of carbonyl (C=O) groups excluding carboxylic acids is 1. The van der Waals surface area contributed by atoms with Gasteiger partial charge in [0.2, 0.25) is 0 Å². The van der Waals surface area contributed by atoms with Gasteiger partial charge >= 0.3 is 0 Å². The lowest BCUT2D eigenvalue weighted by molar-refractivity contribution is 0.102. The van der Waals surface area contributed by atoms with Gasteiger partial charge in [0, 0.05) is 15.8 Å². The van der Waals surface area contributed by atoms with Crippen LogP contribution in [-0.4, -0.2) is 10.9 Å². The smallest absolute Gasteiger partial charge is 0.257 e. The number of benzene rings is 1. The molecule has 3 nitrogen and oxygen atoms in total. The number of nitrogens with zero attached hydrogens (tertiary/aromatic N) is 1. The summed E-state index contributed by atoms with van der Waals surface area (Å²) in [5.41, 5.74) is 1.26. The average Bonchev–Trinajstić information content (AvgIpc) is 3.08. The molecule has 21 heavy (non-hydrogen) atoms. The summed E-state index contributed by atoms with van der Waals surface area (Å²) in [5.74, 6) is -0.658. The summed E-state index contributed by atoms with van der Waals surface area (Å²) in [6.07, 6.45) is 0. The number of halogens is 1. The summed E-state index contributed by atoms with van der Waals surface area (Å²) in [4.78, 5) is 18.7. The van der Waals surface area contributed by atoms with Crippen LogP contribution in [0, 0.1) is 12.7 Å². The molecule has 106 valence electrons. The molecule has 0 bridgehead atoms. The number of anilines is 1. The zero-order valence-electron chi connectivity index (χ0n) is 11.1. The van der Waals surface area contributed by atoms with E-state index in [-0.39, 0.29) is 11.7 Å². The molecular weight excluding hydrogens is 307 g/mol. The molecule has 1 amide bonds. The summed E-state index contributed by atoms with van der Waals surface area (Å²) >= 11 is 3.03. The van der Waals surface area contributed by atoms with Gasteiger partial charge < -0.3 is 0 Å². The molecule has 6 heteroatoms. The molecule has 0 atom stereocenters. The Morgan fingerprint density at radius 3 is 2.62 bits per heavy atom. The van der Waals surface area contributed by atoms with Gasteiger partial charge in [0.25, 0.3) is 5.91 Å². The van der Waals surface area contributed by atoms with Gasteiger partial charge in [-0.1, -0.05) is 0 Å². The number of carbonyl (C=O) groups is 1. The molecular formula is C15H11FN2OS2. The lowest BCUT2D eigenvalue weighted by atomic mass is 10.2. The van der Waals surface area contributed by atoms with Gasteiger partial charge in [-0.05, 0) is 43.3 Å². The lowest BCUT2D eigenvalue weighted by Gasteiger charge is -2.01. The summed E-state index contributed by atoms with van der Waals surface area (Å²) in [5, 5.41) is 5.17. The molecule has 1 aromatic carbocycles. The van der Waals surface area contributed by atoms with Gasteiger partial charge in [-0.25, -0.2) is 9.37 Å². The number of nitrogens with one attached hydrogen (secondary N) is 1. The second-order valence-electron chi connectivity index (χ2n) is 4.41. The van der Waals surface area contributed by atoms with Crippen LogP contribution in [0.25, 0.3) is 10.6 Å². The first-order chi connectivity index (χ1) is 10.1. The van der Waals surface area contributed by atoms with Crippen LogP contribution in [0.2, 0.25) is 0 Å². The number of rotatable bonds is 3. The monoisotopic (exact) mass is 318 g/mol. The fourth-order valence-electron chi connectivity index (χ4n) is 1.79. The largest absolute Gasteiger partial charge is 0.298 e. The van der Waals surface area contributed by atoms with Gasteiger partial charge in [0.05, 0.1) is 10.6 Å². The van der Waals surface area contributed by atoms with E-state index >= 15 is 0 Å². The van der Waals surface area contributed by atoms with E-state index in [1.54, 1.807) is 11.3 Å². The number of amides is 1. The van der Waals surface area contributed by atoms with Crippen molar-refractivity contribution in [3.8, 4) is 10.6 Å². The van der Waals surface area contributed by atoms with E-state index in [9.17, 15) is 9.18 Å². The maximum absolute atomic E-state index is 12.8. The second-order valence-corrected chi connectivity index (χ2v) is 6.56. The average molecular weight is 318 g/mol. The highest BCUT2D eigenvalue weighted by atomic mass is 32.1. The van der Waals surface area contributed by atoms with Crippen LogP contribution in [0.4, 0.5) is 9.52 Å². The maximum Gasteiger partial charge on any atom is 0.257 e. The van der Waals surface area contributed by atoms with Crippen LogP contribution >= 0.6 is 22.7 Å². The predicted octanol–water partition coefficient (Wildman–Crippen LogP) is 4.57. The van der Waals surface area contributed by atoms with Crippen molar-refractivity contribution in [2.45, 2.75) is 6.92 Å². The quantitative estimate of drug-likeness (QED) is 0.768. The zero-order chi connectivity index (χ0) is 14.8. The summed E-state index contributed by atoms with van der Waals surface area (Å²) in [6, 6.07) is 9.47. The van der Waals surface area contributed by atoms with Crippen LogP contribution in [0.1, 0.15) is 15.2 Å². The van der Waals surface area contributed by atoms with E-state index in [4.69, 9.17) is 0 Å². The van der Waals surface area contributed by atoms with Crippen molar-refractivity contribution < 1.29 is 9.18 Å². The molecule has 0 aliphatic heterocycles. The minimum absolute atomic E-state index is 0.293. The first-order valence-corrected chi connectivity index (χ1v) is 7.91. The Morgan fingerprint density at radius 1 is 1.19 bits per heavy atom. The Kier molecular flexibility index (Phi) is 3.81. The van der Waals surface area contributed by atoms with E-state index in [0.717, 1.165) is 10.6 Å². The third-order valence-electron chi connectivity index (χ3n) is 2.82. The van der Waals surface area contributed by atoms with Crippen LogP contribution in [0.5, 0.6) is 0 Å². The molecule has 0 saturated heterocycles. The lowest BCUT2D eigenvalue weighted by Crippen LogP contribution is -2.11. The number of hydrogen-bond donors (Lipinski definition) is 1. The molecule has 3 aromatic rings. The van der Waals surface area contributed by atoms with Crippen molar-refractivity contribution in [1.82, 2.24) is 4.98 Å². The van der Waals surface area contributed by atoms with Crippen molar-refractivity contribution in [2.24, 2.45) is 0 Å². The minimum Gasteiger partial charge on any atom is -0.298 e. The van der Waals surface area contributed by atoms with Crippen molar-refractivity contribution >= 4 is 33.7 Å². The Balaban J connectivity index is 1.75. The van der Waals surface area contributed by atoms with E-state index in [1.807, 2.05) is 24.4 Å². The normalized spacial score (nSPS) is 10.6. The SMILES string of the molecule is Cc1ccc(-c2csc(NC(=O)c3ccc(F)cc3)n2)s1. The van der Waals surface area contributed by atoms with E-state index in [0.29, 0.717) is 10.7 Å². The predicted molar refractivity (Wildman–Crippen MR) is 84.5 cm³/mol. The van der Waals surface area contributed by atoms with Gasteiger partial charge in [0.15, 0.2) is 5.13 Å². The van der Waals surface area contributed by atoms with Gasteiger partial charge in [0.1, 0.15) is 5.82 Å². The zero-order valence-corrected chi connectivity index (χ0v) is 12.7. The van der Waals surface area contributed by atoms with Gasteiger partial charge in [-0.15, -0.1) is 22.7 Å². The molecule has 1 N–H and O–H groups in total. The highest BCUT2D eigenvalue weighted by molar-refractivity contribution is 7.17. The van der Waals surface area contributed by atoms with E-state index in [2.05, 4.69) is 10.3 Å². The first kappa shape index (κ1) is 13.9. The van der Waals surface area contributed by atoms with Crippen LogP contribution in [0.15, 0.2) is 41.8 Å². The molecule has 0 radical (unpaired) electrons. The molecule has 0 aliphatic rings. The minimum atomic E-state index is -0.365.